The van der Waals surface area contributed by atoms with Gasteiger partial charge >= 0.3 is 0 Å². The zero-order valence-corrected chi connectivity index (χ0v) is 16.5. The van der Waals surface area contributed by atoms with Crippen LogP contribution in [0.25, 0.3) is 17.0 Å². The summed E-state index contributed by atoms with van der Waals surface area (Å²) in [6.07, 6.45) is 5.51. The van der Waals surface area contributed by atoms with Crippen molar-refractivity contribution < 1.29 is 14.3 Å². The Morgan fingerprint density at radius 1 is 1.14 bits per heavy atom. The largest absolute Gasteiger partial charge is 0.496 e. The molecule has 4 rings (SSSR count). The van der Waals surface area contributed by atoms with Gasteiger partial charge in [-0.2, -0.15) is 4.52 Å². The molecule has 1 amide bonds. The number of ether oxygens (including phenoxy) is 2. The fourth-order valence-electron chi connectivity index (χ4n) is 3.69. The Morgan fingerprint density at radius 2 is 1.97 bits per heavy atom. The van der Waals surface area contributed by atoms with Crippen molar-refractivity contribution in [1.82, 2.24) is 25.1 Å². The number of hydrogen-bond acceptors (Lipinski definition) is 6. The van der Waals surface area contributed by atoms with Crippen molar-refractivity contribution in [2.24, 2.45) is 5.92 Å². The van der Waals surface area contributed by atoms with Crippen molar-refractivity contribution in [2.45, 2.75) is 32.1 Å². The van der Waals surface area contributed by atoms with Crippen LogP contribution in [0.3, 0.4) is 0 Å². The van der Waals surface area contributed by atoms with Gasteiger partial charge in [-0.25, -0.2) is 0 Å². The van der Waals surface area contributed by atoms with Crippen LogP contribution in [-0.2, 0) is 4.79 Å². The summed E-state index contributed by atoms with van der Waals surface area (Å²) in [5.74, 6) is 2.00. The number of rotatable bonds is 7. The van der Waals surface area contributed by atoms with E-state index in [1.165, 1.54) is 6.42 Å². The molecular weight excluding hydrogens is 370 g/mol. The van der Waals surface area contributed by atoms with E-state index in [4.69, 9.17) is 9.47 Å². The number of amides is 1. The number of hydrogen-bond donors (Lipinski definition) is 1. The molecule has 1 fully saturated rings. The maximum absolute atomic E-state index is 12.2. The average molecular weight is 395 g/mol. The second-order valence-electron chi connectivity index (χ2n) is 7.14. The van der Waals surface area contributed by atoms with Crippen molar-refractivity contribution in [1.29, 1.82) is 0 Å². The standard InChI is InChI=1S/C21H25N5O3/c1-28-17-10-6-5-9-16(17)20-24-23-18-11-12-19(25-26(18)20)29-14-13-22-21(27)15-7-3-2-4-8-15/h5-6,9-12,15H,2-4,7-8,13-14H2,1H3,(H,22,27). The van der Waals surface area contributed by atoms with Gasteiger partial charge in [0.25, 0.3) is 0 Å². The van der Waals surface area contributed by atoms with Gasteiger partial charge in [-0.3, -0.25) is 4.79 Å². The molecule has 0 bridgehead atoms. The predicted octanol–water partition coefficient (Wildman–Crippen LogP) is 2.88. The molecule has 8 nitrogen and oxygen atoms in total. The van der Waals surface area contributed by atoms with Gasteiger partial charge in [0.15, 0.2) is 11.5 Å². The van der Waals surface area contributed by atoms with E-state index in [1.54, 1.807) is 23.8 Å². The molecule has 2 aromatic heterocycles. The molecule has 1 aliphatic carbocycles. The van der Waals surface area contributed by atoms with Crippen molar-refractivity contribution in [3.05, 3.63) is 36.4 Å². The highest BCUT2D eigenvalue weighted by Gasteiger charge is 2.20. The van der Waals surface area contributed by atoms with Crippen LogP contribution < -0.4 is 14.8 Å². The summed E-state index contributed by atoms with van der Waals surface area (Å²) in [7, 11) is 1.62. The lowest BCUT2D eigenvalue weighted by atomic mass is 9.89. The molecule has 8 heteroatoms. The Morgan fingerprint density at radius 3 is 2.79 bits per heavy atom. The van der Waals surface area contributed by atoms with E-state index < -0.39 is 0 Å². The highest BCUT2D eigenvalue weighted by molar-refractivity contribution is 5.78. The second kappa shape index (κ2) is 8.89. The third-order valence-electron chi connectivity index (χ3n) is 5.21. The Labute approximate surface area is 169 Å². The normalized spacial score (nSPS) is 14.7. The maximum atomic E-state index is 12.2. The van der Waals surface area contributed by atoms with Crippen LogP contribution in [0.15, 0.2) is 36.4 Å². The summed E-state index contributed by atoms with van der Waals surface area (Å²) < 4.78 is 12.8. The zero-order valence-electron chi connectivity index (χ0n) is 16.5. The van der Waals surface area contributed by atoms with Crippen LogP contribution in [0, 0.1) is 5.92 Å². The van der Waals surface area contributed by atoms with Gasteiger partial charge in [0, 0.05) is 12.0 Å². The first-order chi connectivity index (χ1) is 14.3. The highest BCUT2D eigenvalue weighted by atomic mass is 16.5. The van der Waals surface area contributed by atoms with E-state index in [-0.39, 0.29) is 11.8 Å². The van der Waals surface area contributed by atoms with Crippen LogP contribution in [-0.4, -0.2) is 46.0 Å². The van der Waals surface area contributed by atoms with Crippen molar-refractivity contribution in [2.75, 3.05) is 20.3 Å². The zero-order chi connectivity index (χ0) is 20.1. The van der Waals surface area contributed by atoms with Crippen LogP contribution >= 0.6 is 0 Å². The summed E-state index contributed by atoms with van der Waals surface area (Å²) in [6, 6.07) is 11.1. The molecule has 2 heterocycles. The molecule has 0 radical (unpaired) electrons. The van der Waals surface area contributed by atoms with E-state index in [0.29, 0.717) is 36.3 Å². The number of fused-ring (bicyclic) bond motifs is 1. The number of nitrogens with zero attached hydrogens (tertiary/aromatic N) is 4. The fraction of sp³-hybridized carbons (Fsp3) is 0.429. The molecular formula is C21H25N5O3. The third kappa shape index (κ3) is 4.31. The third-order valence-corrected chi connectivity index (χ3v) is 5.21. The molecule has 0 aliphatic heterocycles. The molecule has 29 heavy (non-hydrogen) atoms. The summed E-state index contributed by atoms with van der Waals surface area (Å²) >= 11 is 0. The first kappa shape index (κ1) is 19.2. The minimum absolute atomic E-state index is 0.133. The van der Waals surface area contributed by atoms with Gasteiger partial charge in [0.2, 0.25) is 11.8 Å². The summed E-state index contributed by atoms with van der Waals surface area (Å²) in [6.45, 7) is 0.805. The summed E-state index contributed by atoms with van der Waals surface area (Å²) in [4.78, 5) is 12.2. The molecule has 0 spiro atoms. The van der Waals surface area contributed by atoms with Crippen LogP contribution in [0.4, 0.5) is 0 Å². The average Bonchev–Trinajstić information content (AvgIpc) is 3.20. The van der Waals surface area contributed by atoms with E-state index in [9.17, 15) is 4.79 Å². The summed E-state index contributed by atoms with van der Waals surface area (Å²) in [5.41, 5.74) is 1.41. The number of benzene rings is 1. The minimum Gasteiger partial charge on any atom is -0.496 e. The minimum atomic E-state index is 0.133. The molecule has 1 aliphatic rings. The molecule has 0 saturated heterocycles. The number of aromatic nitrogens is 4. The molecule has 1 aromatic carbocycles. The van der Waals surface area contributed by atoms with Crippen LogP contribution in [0.1, 0.15) is 32.1 Å². The number of para-hydroxylation sites is 1. The number of carbonyl (C=O) groups excluding carboxylic acids is 1. The van der Waals surface area contributed by atoms with Crippen LogP contribution in [0.2, 0.25) is 0 Å². The fourth-order valence-corrected chi connectivity index (χ4v) is 3.69. The quantitative estimate of drug-likeness (QED) is 0.619. The van der Waals surface area contributed by atoms with E-state index in [0.717, 1.165) is 31.2 Å². The SMILES string of the molecule is COc1ccccc1-c1nnc2ccc(OCCNC(=O)C3CCCCC3)nn12. The lowest BCUT2D eigenvalue weighted by Gasteiger charge is -2.20. The maximum Gasteiger partial charge on any atom is 0.231 e. The highest BCUT2D eigenvalue weighted by Crippen LogP contribution is 2.28. The van der Waals surface area contributed by atoms with Gasteiger partial charge in [-0.15, -0.1) is 15.3 Å². The lowest BCUT2D eigenvalue weighted by molar-refractivity contribution is -0.126. The van der Waals surface area contributed by atoms with Gasteiger partial charge in [-0.05, 0) is 31.0 Å². The molecule has 3 aromatic rings. The Kier molecular flexibility index (Phi) is 5.88. The monoisotopic (exact) mass is 395 g/mol. The molecule has 0 atom stereocenters. The first-order valence-electron chi connectivity index (χ1n) is 10.0. The Bertz CT molecular complexity index is 981. The lowest BCUT2D eigenvalue weighted by Crippen LogP contribution is -2.34. The van der Waals surface area contributed by atoms with Gasteiger partial charge in [-0.1, -0.05) is 31.4 Å². The smallest absolute Gasteiger partial charge is 0.231 e. The van der Waals surface area contributed by atoms with Crippen molar-refractivity contribution in [3.8, 4) is 23.0 Å². The van der Waals surface area contributed by atoms with E-state index in [2.05, 4.69) is 20.6 Å². The van der Waals surface area contributed by atoms with Crippen LogP contribution in [0.5, 0.6) is 11.6 Å². The Hall–Kier alpha value is -3.16. The molecule has 1 N–H and O–H groups in total. The van der Waals surface area contributed by atoms with E-state index >= 15 is 0 Å². The van der Waals surface area contributed by atoms with Crippen molar-refractivity contribution >= 4 is 11.6 Å². The van der Waals surface area contributed by atoms with E-state index in [1.807, 2.05) is 24.3 Å². The molecule has 0 unspecified atom stereocenters. The predicted molar refractivity (Wildman–Crippen MR) is 108 cm³/mol. The topological polar surface area (TPSA) is 90.6 Å². The van der Waals surface area contributed by atoms with Gasteiger partial charge in [0.05, 0.1) is 19.2 Å². The number of carbonyl (C=O) groups is 1. The van der Waals surface area contributed by atoms with Gasteiger partial charge < -0.3 is 14.8 Å². The first-order valence-corrected chi connectivity index (χ1v) is 10.0. The van der Waals surface area contributed by atoms with Gasteiger partial charge in [0.1, 0.15) is 12.4 Å². The van der Waals surface area contributed by atoms with Crippen molar-refractivity contribution in [3.63, 3.8) is 0 Å². The second-order valence-corrected chi connectivity index (χ2v) is 7.14. The summed E-state index contributed by atoms with van der Waals surface area (Å²) in [5, 5.41) is 15.9. The molecule has 152 valence electrons. The number of nitrogens with one attached hydrogen (secondary N) is 1. The number of methoxy groups -OCH3 is 1. The Balaban J connectivity index is 1.40. The molecule has 1 saturated carbocycles.